The number of aliphatic hydroxyl groups excluding tert-OH is 2. The Morgan fingerprint density at radius 2 is 2.18 bits per heavy atom. The first kappa shape index (κ1) is 18.6. The van der Waals surface area contributed by atoms with E-state index in [1.807, 2.05) is 0 Å². The molecule has 0 radical (unpaired) electrons. The fourth-order valence-electron chi connectivity index (χ4n) is 2.99. The molecule has 0 spiro atoms. The van der Waals surface area contributed by atoms with Gasteiger partial charge in [-0.25, -0.2) is 15.0 Å². The highest BCUT2D eigenvalue weighted by atomic mass is 32.2. The second-order valence-electron chi connectivity index (χ2n) is 6.09. The lowest BCUT2D eigenvalue weighted by atomic mass is 10.2. The van der Waals surface area contributed by atoms with Gasteiger partial charge in [0.15, 0.2) is 17.0 Å². The highest BCUT2D eigenvalue weighted by Crippen LogP contribution is 2.33. The van der Waals surface area contributed by atoms with Gasteiger partial charge in [-0.05, 0) is 18.0 Å². The summed E-state index contributed by atoms with van der Waals surface area (Å²) in [4.78, 5) is 23.8. The molecule has 3 aromatic rings. The van der Waals surface area contributed by atoms with Crippen LogP contribution in [-0.2, 0) is 4.74 Å². The minimum Gasteiger partial charge on any atom is -0.394 e. The number of fused-ring (bicyclic) bond motifs is 1. The molecule has 0 bridgehead atoms. The maximum atomic E-state index is 11.1. The molecule has 0 aliphatic carbocycles. The van der Waals surface area contributed by atoms with Crippen molar-refractivity contribution in [2.45, 2.75) is 29.8 Å². The van der Waals surface area contributed by atoms with E-state index in [-0.39, 0.29) is 12.3 Å². The molecule has 1 aliphatic heterocycles. The summed E-state index contributed by atoms with van der Waals surface area (Å²) < 4.78 is 10.3. The Kier molecular flexibility index (Phi) is 5.09. The summed E-state index contributed by atoms with van der Waals surface area (Å²) in [5.41, 5.74) is 0.926. The van der Waals surface area contributed by atoms with Gasteiger partial charge in [0.25, 0.3) is 5.69 Å². The molecule has 11 nitrogen and oxygen atoms in total. The number of aliphatic hydroxyl groups is 2. The van der Waals surface area contributed by atoms with Crippen molar-refractivity contribution >= 4 is 34.6 Å². The zero-order valence-electron chi connectivity index (χ0n) is 14.4. The third kappa shape index (κ3) is 3.38. The van der Waals surface area contributed by atoms with Crippen LogP contribution in [0.25, 0.3) is 11.2 Å². The molecule has 0 unspecified atom stereocenters. The van der Waals surface area contributed by atoms with E-state index in [2.05, 4.69) is 19.7 Å². The minimum absolute atomic E-state index is 0.0146. The predicted octanol–water partition coefficient (Wildman–Crippen LogP) is 1.49. The minimum atomic E-state index is -0.777. The molecular weight excluding hydrogens is 388 g/mol. The second kappa shape index (κ2) is 7.67. The number of nitrogens with one attached hydrogen (secondary N) is 1. The quantitative estimate of drug-likeness (QED) is 0.313. The van der Waals surface area contributed by atoms with Crippen molar-refractivity contribution in [1.82, 2.24) is 19.5 Å². The smallest absolute Gasteiger partial charge is 0.284 e. The number of anilines is 1. The van der Waals surface area contributed by atoms with Crippen LogP contribution in [-0.4, -0.2) is 53.5 Å². The monoisotopic (exact) mass is 404 g/mol. The molecule has 146 valence electrons. The molecule has 3 atom stereocenters. The predicted molar refractivity (Wildman–Crippen MR) is 99.5 cm³/mol. The number of aromatic nitrogens is 4. The third-order valence-corrected chi connectivity index (χ3v) is 5.23. The van der Waals surface area contributed by atoms with Crippen LogP contribution >= 0.6 is 11.9 Å². The Hall–Kier alpha value is -2.80. The van der Waals surface area contributed by atoms with Gasteiger partial charge in [0.1, 0.15) is 23.6 Å². The van der Waals surface area contributed by atoms with Crippen molar-refractivity contribution in [1.29, 1.82) is 0 Å². The molecule has 0 amide bonds. The molecule has 0 saturated carbocycles. The van der Waals surface area contributed by atoms with Gasteiger partial charge in [-0.1, -0.05) is 12.1 Å². The molecule has 3 N–H and O–H groups in total. The lowest BCUT2D eigenvalue weighted by Gasteiger charge is -2.13. The molecule has 4 rings (SSSR count). The molecular formula is C16H16N6O5S. The number of para-hydroxylation sites is 1. The van der Waals surface area contributed by atoms with Gasteiger partial charge in [0.05, 0.1) is 24.0 Å². The van der Waals surface area contributed by atoms with Crippen molar-refractivity contribution in [2.75, 3.05) is 11.3 Å². The Morgan fingerprint density at radius 3 is 2.93 bits per heavy atom. The summed E-state index contributed by atoms with van der Waals surface area (Å²) in [6, 6.07) is 6.37. The fraction of sp³-hybridized carbons (Fsp3) is 0.312. The lowest BCUT2D eigenvalue weighted by Crippen LogP contribution is -2.24. The summed E-state index contributed by atoms with van der Waals surface area (Å²) >= 11 is 1.05. The fourth-order valence-corrected chi connectivity index (χ4v) is 3.73. The van der Waals surface area contributed by atoms with E-state index in [4.69, 9.17) is 4.74 Å². The van der Waals surface area contributed by atoms with E-state index >= 15 is 0 Å². The van der Waals surface area contributed by atoms with E-state index in [0.29, 0.717) is 28.3 Å². The zero-order chi connectivity index (χ0) is 19.7. The summed E-state index contributed by atoms with van der Waals surface area (Å²) in [7, 11) is 0. The number of nitro benzene ring substituents is 1. The highest BCUT2D eigenvalue weighted by molar-refractivity contribution is 8.00. The molecule has 2 aromatic heterocycles. The Bertz CT molecular complexity index is 1010. The SMILES string of the molecule is O=[N+]([O-])c1ccccc1SNc1ncnc2c1ncn2[C@H]1C[C@H](O)[C@@H](CO)O1. The number of imidazole rings is 1. The van der Waals surface area contributed by atoms with Crippen LogP contribution in [0.2, 0.25) is 0 Å². The topological polar surface area (TPSA) is 148 Å². The van der Waals surface area contributed by atoms with Crippen molar-refractivity contribution < 1.29 is 19.9 Å². The van der Waals surface area contributed by atoms with Crippen LogP contribution in [0.3, 0.4) is 0 Å². The largest absolute Gasteiger partial charge is 0.394 e. The molecule has 28 heavy (non-hydrogen) atoms. The number of ether oxygens (including phenoxy) is 1. The Morgan fingerprint density at radius 1 is 1.36 bits per heavy atom. The van der Waals surface area contributed by atoms with E-state index in [0.717, 1.165) is 11.9 Å². The van der Waals surface area contributed by atoms with E-state index in [1.54, 1.807) is 22.8 Å². The standard InChI is InChI=1S/C16H16N6O5S/c23-6-11-10(24)5-13(27-11)21-8-19-14-15(17-7-18-16(14)21)20-28-12-4-2-1-3-9(12)22(25)26/h1-4,7-8,10-11,13,23-24H,5-6H2,(H,17,18,20)/t10-,11+,13+/m0/s1. The van der Waals surface area contributed by atoms with Gasteiger partial charge >= 0.3 is 0 Å². The number of hydrogen-bond donors (Lipinski definition) is 3. The van der Waals surface area contributed by atoms with E-state index in [1.165, 1.54) is 18.7 Å². The van der Waals surface area contributed by atoms with Crippen LogP contribution in [0.1, 0.15) is 12.6 Å². The number of rotatable bonds is 6. The molecule has 1 fully saturated rings. The van der Waals surface area contributed by atoms with E-state index in [9.17, 15) is 20.3 Å². The zero-order valence-corrected chi connectivity index (χ0v) is 15.2. The first-order chi connectivity index (χ1) is 13.6. The average Bonchev–Trinajstić information content (AvgIpc) is 3.29. The van der Waals surface area contributed by atoms with Gasteiger partial charge in [-0.2, -0.15) is 0 Å². The molecule has 1 aromatic carbocycles. The van der Waals surface area contributed by atoms with E-state index < -0.39 is 23.4 Å². The Balaban J connectivity index is 1.59. The maximum Gasteiger partial charge on any atom is 0.284 e. The van der Waals surface area contributed by atoms with Crippen LogP contribution in [0.5, 0.6) is 0 Å². The highest BCUT2D eigenvalue weighted by Gasteiger charge is 2.35. The summed E-state index contributed by atoms with van der Waals surface area (Å²) in [6.45, 7) is -0.279. The second-order valence-corrected chi connectivity index (χ2v) is 6.94. The lowest BCUT2D eigenvalue weighted by molar-refractivity contribution is -0.387. The number of benzene rings is 1. The van der Waals surface area contributed by atoms with Gasteiger partial charge in [-0.15, -0.1) is 0 Å². The van der Waals surface area contributed by atoms with Gasteiger partial charge in [0.2, 0.25) is 0 Å². The first-order valence-corrected chi connectivity index (χ1v) is 9.18. The summed E-state index contributed by atoms with van der Waals surface area (Å²) in [5.74, 6) is 0.393. The average molecular weight is 404 g/mol. The van der Waals surface area contributed by atoms with Crippen LogP contribution in [0, 0.1) is 10.1 Å². The number of nitro groups is 1. The molecule has 3 heterocycles. The third-order valence-electron chi connectivity index (χ3n) is 4.37. The van der Waals surface area contributed by atoms with Crippen molar-refractivity contribution in [2.24, 2.45) is 0 Å². The summed E-state index contributed by atoms with van der Waals surface area (Å²) in [5, 5.41) is 30.3. The normalized spacial score (nSPS) is 21.9. The van der Waals surface area contributed by atoms with Gasteiger partial charge in [-0.3, -0.25) is 14.7 Å². The van der Waals surface area contributed by atoms with Crippen molar-refractivity contribution in [3.05, 3.63) is 47.0 Å². The first-order valence-electron chi connectivity index (χ1n) is 8.36. The van der Waals surface area contributed by atoms with Crippen LogP contribution < -0.4 is 4.72 Å². The summed E-state index contributed by atoms with van der Waals surface area (Å²) in [6.07, 6.45) is 1.23. The van der Waals surface area contributed by atoms with Crippen LogP contribution in [0.4, 0.5) is 11.5 Å². The molecule has 1 saturated heterocycles. The van der Waals surface area contributed by atoms with Crippen molar-refractivity contribution in [3.63, 3.8) is 0 Å². The number of hydrogen-bond acceptors (Lipinski definition) is 10. The maximum absolute atomic E-state index is 11.1. The number of nitrogens with zero attached hydrogens (tertiary/aromatic N) is 5. The van der Waals surface area contributed by atoms with Gasteiger partial charge < -0.3 is 19.7 Å². The molecule has 12 heteroatoms. The Labute approximate surface area is 162 Å². The van der Waals surface area contributed by atoms with Crippen molar-refractivity contribution in [3.8, 4) is 0 Å². The van der Waals surface area contributed by atoms with Gasteiger partial charge in [0, 0.05) is 12.5 Å². The molecule has 1 aliphatic rings. The van der Waals surface area contributed by atoms with Crippen LogP contribution in [0.15, 0.2) is 41.8 Å².